The van der Waals surface area contributed by atoms with E-state index in [1.54, 1.807) is 0 Å². The lowest BCUT2D eigenvalue weighted by Gasteiger charge is -2.23. The summed E-state index contributed by atoms with van der Waals surface area (Å²) in [6.07, 6.45) is 2.61. The van der Waals surface area contributed by atoms with Gasteiger partial charge in [0.1, 0.15) is 5.69 Å². The van der Waals surface area contributed by atoms with E-state index < -0.39 is 0 Å². The van der Waals surface area contributed by atoms with Crippen molar-refractivity contribution >= 4 is 24.0 Å². The summed E-state index contributed by atoms with van der Waals surface area (Å²) in [7, 11) is 0.734. The van der Waals surface area contributed by atoms with Crippen LogP contribution in [0.2, 0.25) is 6.82 Å². The molecule has 3 aromatic rings. The maximum absolute atomic E-state index is 5.74. The molecule has 0 radical (unpaired) electrons. The van der Waals surface area contributed by atoms with E-state index in [4.69, 9.17) is 9.40 Å². The molecule has 0 saturated heterocycles. The zero-order valence-corrected chi connectivity index (χ0v) is 15.7. The monoisotopic (exact) mass is 333 g/mol. The average Bonchev–Trinajstić information content (AvgIpc) is 3.30. The molecule has 0 unspecified atom stereocenters. The highest BCUT2D eigenvalue weighted by Gasteiger charge is 2.28. The van der Waals surface area contributed by atoms with Crippen LogP contribution in [0.5, 0.6) is 0 Å². The molecule has 1 saturated carbocycles. The number of benzene rings is 1. The summed E-state index contributed by atoms with van der Waals surface area (Å²) in [6, 6.07) is 6.76. The summed E-state index contributed by atoms with van der Waals surface area (Å²) in [5.41, 5.74) is 5.83. The quantitative estimate of drug-likeness (QED) is 0.683. The molecule has 1 fully saturated rings. The van der Waals surface area contributed by atoms with Crippen LogP contribution in [0.3, 0.4) is 0 Å². The van der Waals surface area contributed by atoms with Gasteiger partial charge in [-0.1, -0.05) is 33.7 Å². The maximum atomic E-state index is 5.74. The number of hydrogen-bond donors (Lipinski definition) is 0. The molecule has 0 amide bonds. The minimum atomic E-state index is 0.0324. The van der Waals surface area contributed by atoms with E-state index in [1.807, 2.05) is 6.82 Å². The Morgan fingerprint density at radius 1 is 1.12 bits per heavy atom. The van der Waals surface area contributed by atoms with E-state index in [9.17, 15) is 0 Å². The van der Waals surface area contributed by atoms with Gasteiger partial charge in [0.25, 0.3) is 5.89 Å². The number of aryl methyl sites for hydroxylation is 1. The smallest absolute Gasteiger partial charge is 0.265 e. The van der Waals surface area contributed by atoms with Crippen LogP contribution < -0.4 is 5.79 Å². The van der Waals surface area contributed by atoms with Crippen LogP contribution in [-0.2, 0) is 5.41 Å². The topological polar surface area (TPSA) is 51.8 Å². The van der Waals surface area contributed by atoms with Gasteiger partial charge in [-0.15, -0.1) is 10.2 Å². The highest BCUT2D eigenvalue weighted by atomic mass is 16.4. The van der Waals surface area contributed by atoms with Crippen molar-refractivity contribution in [3.63, 3.8) is 0 Å². The fourth-order valence-electron chi connectivity index (χ4n) is 3.35. The Kier molecular flexibility index (Phi) is 3.71. The largest absolute Gasteiger partial charge is 0.430 e. The zero-order valence-electron chi connectivity index (χ0n) is 15.7. The van der Waals surface area contributed by atoms with Gasteiger partial charge in [-0.25, -0.2) is 4.98 Å². The van der Waals surface area contributed by atoms with Gasteiger partial charge in [-0.3, -0.25) is 0 Å². The molecule has 0 N–H and O–H groups in total. The highest BCUT2D eigenvalue weighted by molar-refractivity contribution is 6.48. The first-order valence-electron chi connectivity index (χ1n) is 9.15. The van der Waals surface area contributed by atoms with Crippen LogP contribution in [0.25, 0.3) is 22.5 Å². The molecule has 1 aliphatic carbocycles. The van der Waals surface area contributed by atoms with E-state index in [-0.39, 0.29) is 5.41 Å². The molecule has 4 nitrogen and oxygen atoms in total. The van der Waals surface area contributed by atoms with Gasteiger partial charge in [-0.2, -0.15) is 0 Å². The Morgan fingerprint density at radius 2 is 1.88 bits per heavy atom. The summed E-state index contributed by atoms with van der Waals surface area (Å²) in [5.74, 6) is 1.88. The van der Waals surface area contributed by atoms with E-state index in [2.05, 4.69) is 56.1 Å². The molecule has 0 aliphatic heterocycles. The summed E-state index contributed by atoms with van der Waals surface area (Å²) in [4.78, 5) is 4.94. The first-order chi connectivity index (χ1) is 11.9. The van der Waals surface area contributed by atoms with Crippen molar-refractivity contribution in [2.75, 3.05) is 0 Å². The van der Waals surface area contributed by atoms with E-state index in [0.29, 0.717) is 11.7 Å². The molecular weight excluding hydrogens is 309 g/mol. The second kappa shape index (κ2) is 5.68. The van der Waals surface area contributed by atoms with Crippen molar-refractivity contribution in [2.24, 2.45) is 0 Å². The molecule has 4 rings (SSSR count). The first kappa shape index (κ1) is 16.3. The van der Waals surface area contributed by atoms with Gasteiger partial charge in [-0.05, 0) is 59.9 Å². The van der Waals surface area contributed by atoms with Crippen molar-refractivity contribution < 1.29 is 4.42 Å². The molecular formula is C20H24BN3O. The fourth-order valence-corrected chi connectivity index (χ4v) is 3.35. The number of nitrogens with zero attached hydrogens (tertiary/aromatic N) is 3. The van der Waals surface area contributed by atoms with Gasteiger partial charge in [0.05, 0.1) is 5.52 Å². The Morgan fingerprint density at radius 3 is 2.48 bits per heavy atom. The maximum Gasteiger partial charge on any atom is 0.265 e. The van der Waals surface area contributed by atoms with Crippen LogP contribution >= 0.6 is 0 Å². The van der Waals surface area contributed by atoms with Crippen molar-refractivity contribution in [2.45, 2.75) is 58.7 Å². The number of rotatable bonds is 3. The Bertz CT molecular complexity index is 951. The van der Waals surface area contributed by atoms with Crippen LogP contribution in [-0.4, -0.2) is 22.5 Å². The molecule has 2 heterocycles. The summed E-state index contributed by atoms with van der Waals surface area (Å²) in [5, 5.41) is 9.50. The molecule has 1 aliphatic rings. The SMILES string of the molecule is CBc1nnc(-c2cc(C)c3cc(C4CC4)cc(C(C)(C)C)c3n2)o1. The first-order valence-corrected chi connectivity index (χ1v) is 9.15. The van der Waals surface area contributed by atoms with Crippen molar-refractivity contribution in [3.05, 3.63) is 34.9 Å². The number of pyridine rings is 1. The minimum Gasteiger partial charge on any atom is -0.430 e. The molecule has 5 heteroatoms. The summed E-state index contributed by atoms with van der Waals surface area (Å²) in [6.45, 7) is 10.9. The van der Waals surface area contributed by atoms with Crippen LogP contribution in [0.1, 0.15) is 56.2 Å². The highest BCUT2D eigenvalue weighted by Crippen LogP contribution is 2.43. The number of fused-ring (bicyclic) bond motifs is 1. The second-order valence-electron chi connectivity index (χ2n) is 8.17. The molecule has 2 aromatic heterocycles. The standard InChI is InChI=1S/C20H24BN3O/c1-11-8-16(18-23-24-19(21-5)25-18)22-17-14(11)9-13(12-6-7-12)10-15(17)20(2,3)4/h8-10,12,21H,6-7H2,1-5H3. The third-order valence-corrected chi connectivity index (χ3v) is 4.99. The van der Waals surface area contributed by atoms with Crippen molar-refractivity contribution in [1.29, 1.82) is 0 Å². The van der Waals surface area contributed by atoms with Crippen LogP contribution in [0.4, 0.5) is 0 Å². The predicted molar refractivity (Wildman–Crippen MR) is 103 cm³/mol. The molecule has 1 aromatic carbocycles. The lowest BCUT2D eigenvalue weighted by Crippen LogP contribution is -2.13. The van der Waals surface area contributed by atoms with E-state index in [0.717, 1.165) is 24.4 Å². The Balaban J connectivity index is 1.96. The van der Waals surface area contributed by atoms with Gasteiger partial charge >= 0.3 is 0 Å². The van der Waals surface area contributed by atoms with Crippen molar-refractivity contribution in [1.82, 2.24) is 15.2 Å². The molecule has 128 valence electrons. The normalized spacial score (nSPS) is 14.9. The fraction of sp³-hybridized carbons (Fsp3) is 0.450. The predicted octanol–water partition coefficient (Wildman–Crippen LogP) is 3.88. The molecule has 0 atom stereocenters. The lowest BCUT2D eigenvalue weighted by molar-refractivity contribution is 0.592. The van der Waals surface area contributed by atoms with Gasteiger partial charge < -0.3 is 4.42 Å². The van der Waals surface area contributed by atoms with E-state index in [1.165, 1.54) is 34.9 Å². The minimum absolute atomic E-state index is 0.0324. The molecule has 0 spiro atoms. The number of hydrogen-bond acceptors (Lipinski definition) is 4. The average molecular weight is 333 g/mol. The van der Waals surface area contributed by atoms with Crippen LogP contribution in [0, 0.1) is 6.92 Å². The van der Waals surface area contributed by atoms with Crippen LogP contribution in [0.15, 0.2) is 22.6 Å². The second-order valence-corrected chi connectivity index (χ2v) is 8.17. The van der Waals surface area contributed by atoms with Gasteiger partial charge in [0.15, 0.2) is 5.79 Å². The van der Waals surface area contributed by atoms with Crippen molar-refractivity contribution in [3.8, 4) is 11.6 Å². The lowest BCUT2D eigenvalue weighted by atomic mass is 9.83. The molecule has 25 heavy (non-hydrogen) atoms. The zero-order chi connectivity index (χ0) is 17.8. The number of aromatic nitrogens is 3. The molecule has 0 bridgehead atoms. The third kappa shape index (κ3) is 2.96. The van der Waals surface area contributed by atoms with Gasteiger partial charge in [0, 0.05) is 5.39 Å². The summed E-state index contributed by atoms with van der Waals surface area (Å²) < 4.78 is 5.74. The Labute approximate surface area is 149 Å². The van der Waals surface area contributed by atoms with E-state index >= 15 is 0 Å². The van der Waals surface area contributed by atoms with Gasteiger partial charge in [0.2, 0.25) is 7.28 Å². The third-order valence-electron chi connectivity index (χ3n) is 4.99. The summed E-state index contributed by atoms with van der Waals surface area (Å²) >= 11 is 0. The Hall–Kier alpha value is -2.17.